The number of likely N-dealkylation sites (tertiary alicyclic amines) is 1. The normalized spacial score (nSPS) is 33.2. The van der Waals surface area contributed by atoms with E-state index in [0.29, 0.717) is 6.04 Å². The van der Waals surface area contributed by atoms with E-state index in [1.165, 1.54) is 38.9 Å². The van der Waals surface area contributed by atoms with E-state index >= 15 is 0 Å². The van der Waals surface area contributed by atoms with Gasteiger partial charge in [-0.3, -0.25) is 5.84 Å². The summed E-state index contributed by atoms with van der Waals surface area (Å²) in [6.45, 7) is 7.14. The first-order valence-electron chi connectivity index (χ1n) is 5.55. The number of nitrogens with two attached hydrogens (primary N) is 1. The van der Waals surface area contributed by atoms with Gasteiger partial charge in [-0.2, -0.15) is 0 Å². The fourth-order valence-electron chi connectivity index (χ4n) is 2.59. The summed E-state index contributed by atoms with van der Waals surface area (Å²) in [6, 6.07) is 0.707. The lowest BCUT2D eigenvalue weighted by atomic mass is 9.83. The van der Waals surface area contributed by atoms with Crippen LogP contribution in [0, 0.1) is 5.92 Å². The van der Waals surface area contributed by atoms with Gasteiger partial charge in [0.2, 0.25) is 0 Å². The predicted octanol–water partition coefficient (Wildman–Crippen LogP) is 0.666. The molecular weight excluding hydrogens is 162 g/mol. The van der Waals surface area contributed by atoms with Crippen LogP contribution in [0.5, 0.6) is 0 Å². The second-order valence-corrected chi connectivity index (χ2v) is 4.37. The fourth-order valence-corrected chi connectivity index (χ4v) is 2.59. The highest BCUT2D eigenvalue weighted by molar-refractivity contribution is 4.88. The van der Waals surface area contributed by atoms with Crippen molar-refractivity contribution in [2.24, 2.45) is 11.8 Å². The van der Waals surface area contributed by atoms with Gasteiger partial charge in [0.1, 0.15) is 0 Å². The molecule has 2 N–H and O–H groups in total. The molecule has 0 aromatic heterocycles. The van der Waals surface area contributed by atoms with E-state index < -0.39 is 0 Å². The Bertz CT molecular complexity index is 164. The summed E-state index contributed by atoms with van der Waals surface area (Å²) in [5, 5.41) is 2.03. The van der Waals surface area contributed by atoms with Gasteiger partial charge >= 0.3 is 0 Å². The first-order chi connectivity index (χ1) is 6.31. The van der Waals surface area contributed by atoms with Crippen LogP contribution in [0.2, 0.25) is 0 Å². The zero-order valence-corrected chi connectivity index (χ0v) is 8.58. The Morgan fingerprint density at radius 2 is 1.85 bits per heavy atom. The minimum Gasteiger partial charge on any atom is -0.304 e. The van der Waals surface area contributed by atoms with Crippen molar-refractivity contribution in [1.82, 2.24) is 9.91 Å². The van der Waals surface area contributed by atoms with Crippen LogP contribution in [0.15, 0.2) is 0 Å². The molecule has 2 heterocycles. The Balaban J connectivity index is 1.77. The molecule has 0 amide bonds. The van der Waals surface area contributed by atoms with Gasteiger partial charge in [0, 0.05) is 12.6 Å². The number of hydrogen-bond acceptors (Lipinski definition) is 3. The summed E-state index contributed by atoms with van der Waals surface area (Å²) in [7, 11) is 0. The topological polar surface area (TPSA) is 32.5 Å². The van der Waals surface area contributed by atoms with Gasteiger partial charge in [-0.15, -0.1) is 0 Å². The van der Waals surface area contributed by atoms with E-state index in [-0.39, 0.29) is 0 Å². The van der Waals surface area contributed by atoms with E-state index in [0.717, 1.165) is 12.5 Å². The van der Waals surface area contributed by atoms with Crippen LogP contribution in [0.25, 0.3) is 0 Å². The van der Waals surface area contributed by atoms with Crippen molar-refractivity contribution in [1.29, 1.82) is 0 Å². The van der Waals surface area contributed by atoms with E-state index in [1.54, 1.807) is 0 Å². The third-order valence-electron chi connectivity index (χ3n) is 3.73. The summed E-state index contributed by atoms with van der Waals surface area (Å²) < 4.78 is 0. The minimum absolute atomic E-state index is 0.707. The standard InChI is InChI=1S/C10H21N3/c1-2-12-6-3-9(4-7-12)10-5-8-13(10)11/h9-10H,2-8,11H2,1H3/t10-/m0/s1. The summed E-state index contributed by atoms with van der Waals surface area (Å²) in [4.78, 5) is 2.54. The van der Waals surface area contributed by atoms with Crippen molar-refractivity contribution < 1.29 is 0 Å². The van der Waals surface area contributed by atoms with E-state index in [2.05, 4.69) is 11.8 Å². The van der Waals surface area contributed by atoms with Gasteiger partial charge in [-0.1, -0.05) is 6.92 Å². The largest absolute Gasteiger partial charge is 0.304 e. The molecule has 0 radical (unpaired) electrons. The van der Waals surface area contributed by atoms with E-state index in [1.807, 2.05) is 5.01 Å². The second-order valence-electron chi connectivity index (χ2n) is 4.37. The third kappa shape index (κ3) is 1.87. The van der Waals surface area contributed by atoms with E-state index in [4.69, 9.17) is 5.84 Å². The Morgan fingerprint density at radius 1 is 1.15 bits per heavy atom. The molecule has 2 rings (SSSR count). The van der Waals surface area contributed by atoms with Gasteiger partial charge in [-0.05, 0) is 44.8 Å². The number of hydrazine groups is 1. The molecule has 1 atom stereocenters. The number of rotatable bonds is 2. The number of piperidine rings is 1. The molecule has 3 heteroatoms. The van der Waals surface area contributed by atoms with Gasteiger partial charge < -0.3 is 4.90 Å². The molecule has 0 bridgehead atoms. The highest BCUT2D eigenvalue weighted by Gasteiger charge is 2.34. The maximum absolute atomic E-state index is 5.84. The monoisotopic (exact) mass is 183 g/mol. The molecule has 2 aliphatic heterocycles. The molecule has 2 saturated heterocycles. The maximum Gasteiger partial charge on any atom is 0.0283 e. The fraction of sp³-hybridized carbons (Fsp3) is 1.00. The summed E-state index contributed by atoms with van der Waals surface area (Å²) in [5.41, 5.74) is 0. The maximum atomic E-state index is 5.84. The van der Waals surface area contributed by atoms with Crippen molar-refractivity contribution in [2.45, 2.75) is 32.2 Å². The van der Waals surface area contributed by atoms with Crippen molar-refractivity contribution >= 4 is 0 Å². The molecule has 13 heavy (non-hydrogen) atoms. The zero-order chi connectivity index (χ0) is 9.26. The van der Waals surface area contributed by atoms with Crippen molar-refractivity contribution in [3.05, 3.63) is 0 Å². The van der Waals surface area contributed by atoms with E-state index in [9.17, 15) is 0 Å². The lowest BCUT2D eigenvalue weighted by Gasteiger charge is -2.45. The van der Waals surface area contributed by atoms with Crippen LogP contribution >= 0.6 is 0 Å². The van der Waals surface area contributed by atoms with Crippen LogP contribution in [0.4, 0.5) is 0 Å². The SMILES string of the molecule is CCN1CCC([C@@H]2CCN2N)CC1. The van der Waals surface area contributed by atoms with Crippen molar-refractivity contribution in [3.8, 4) is 0 Å². The lowest BCUT2D eigenvalue weighted by Crippen LogP contribution is -2.57. The second kappa shape index (κ2) is 3.95. The molecule has 0 aromatic carbocycles. The Labute approximate surface area is 80.8 Å². The number of nitrogens with zero attached hydrogens (tertiary/aromatic N) is 2. The van der Waals surface area contributed by atoms with Crippen LogP contribution < -0.4 is 5.84 Å². The molecule has 3 nitrogen and oxygen atoms in total. The first kappa shape index (κ1) is 9.44. The van der Waals surface area contributed by atoms with Crippen molar-refractivity contribution in [2.75, 3.05) is 26.2 Å². The Morgan fingerprint density at radius 3 is 2.23 bits per heavy atom. The van der Waals surface area contributed by atoms with Gasteiger partial charge in [0.25, 0.3) is 0 Å². The lowest BCUT2D eigenvalue weighted by molar-refractivity contribution is 0.0171. The molecule has 0 spiro atoms. The number of hydrogen-bond donors (Lipinski definition) is 1. The third-order valence-corrected chi connectivity index (χ3v) is 3.73. The average Bonchev–Trinajstić information content (AvgIpc) is 2.17. The zero-order valence-electron chi connectivity index (χ0n) is 8.58. The minimum atomic E-state index is 0.707. The van der Waals surface area contributed by atoms with Crippen LogP contribution in [0.1, 0.15) is 26.2 Å². The summed E-state index contributed by atoms with van der Waals surface area (Å²) >= 11 is 0. The molecule has 2 aliphatic rings. The molecular formula is C10H21N3. The first-order valence-corrected chi connectivity index (χ1v) is 5.55. The molecule has 76 valence electrons. The molecule has 0 unspecified atom stereocenters. The van der Waals surface area contributed by atoms with Gasteiger partial charge in [0.15, 0.2) is 0 Å². The Hall–Kier alpha value is -0.120. The van der Waals surface area contributed by atoms with Crippen LogP contribution in [-0.2, 0) is 0 Å². The van der Waals surface area contributed by atoms with Gasteiger partial charge in [0.05, 0.1) is 0 Å². The highest BCUT2D eigenvalue weighted by Crippen LogP contribution is 2.29. The average molecular weight is 183 g/mol. The van der Waals surface area contributed by atoms with Crippen molar-refractivity contribution in [3.63, 3.8) is 0 Å². The Kier molecular flexibility index (Phi) is 2.86. The van der Waals surface area contributed by atoms with Crippen LogP contribution in [0.3, 0.4) is 0 Å². The quantitative estimate of drug-likeness (QED) is 0.639. The highest BCUT2D eigenvalue weighted by atomic mass is 15.5. The summed E-state index contributed by atoms with van der Waals surface area (Å²) in [6.07, 6.45) is 4.03. The molecule has 0 aromatic rings. The van der Waals surface area contributed by atoms with Gasteiger partial charge in [-0.25, -0.2) is 5.01 Å². The van der Waals surface area contributed by atoms with Crippen LogP contribution in [-0.4, -0.2) is 42.1 Å². The molecule has 0 aliphatic carbocycles. The molecule has 2 fully saturated rings. The smallest absolute Gasteiger partial charge is 0.0283 e. The molecule has 0 saturated carbocycles. The summed E-state index contributed by atoms with van der Waals surface area (Å²) in [5.74, 6) is 6.72. The predicted molar refractivity (Wildman–Crippen MR) is 54.1 cm³/mol.